The zero-order valence-corrected chi connectivity index (χ0v) is 10.2. The van der Waals surface area contributed by atoms with Crippen molar-refractivity contribution in [3.8, 4) is 5.75 Å². The lowest BCUT2D eigenvalue weighted by Gasteiger charge is -2.18. The summed E-state index contributed by atoms with van der Waals surface area (Å²) in [5.74, 6) is 0.273. The van der Waals surface area contributed by atoms with Crippen molar-refractivity contribution in [2.24, 2.45) is 11.1 Å². The Hall–Kier alpha value is -1.09. The van der Waals surface area contributed by atoms with Crippen molar-refractivity contribution < 1.29 is 9.13 Å². The maximum absolute atomic E-state index is 13.4. The van der Waals surface area contributed by atoms with Gasteiger partial charge in [0, 0.05) is 18.2 Å². The van der Waals surface area contributed by atoms with Crippen molar-refractivity contribution in [3.63, 3.8) is 0 Å². The third-order valence-electron chi connectivity index (χ3n) is 2.37. The normalized spacial score (nSPS) is 11.6. The molecule has 0 saturated heterocycles. The van der Waals surface area contributed by atoms with Crippen LogP contribution in [-0.4, -0.2) is 6.61 Å². The van der Waals surface area contributed by atoms with Crippen molar-refractivity contribution in [2.75, 3.05) is 6.61 Å². The average molecular weight is 225 g/mol. The topological polar surface area (TPSA) is 35.2 Å². The highest BCUT2D eigenvalue weighted by Crippen LogP contribution is 2.20. The van der Waals surface area contributed by atoms with Crippen molar-refractivity contribution in [3.05, 3.63) is 29.6 Å². The highest BCUT2D eigenvalue weighted by molar-refractivity contribution is 5.28. The van der Waals surface area contributed by atoms with Gasteiger partial charge in [0.2, 0.25) is 0 Å². The van der Waals surface area contributed by atoms with Crippen LogP contribution < -0.4 is 10.5 Å². The molecule has 2 N–H and O–H groups in total. The van der Waals surface area contributed by atoms with Gasteiger partial charge in [-0.25, -0.2) is 4.39 Å². The van der Waals surface area contributed by atoms with Crippen LogP contribution in [0.15, 0.2) is 18.2 Å². The van der Waals surface area contributed by atoms with E-state index in [1.165, 1.54) is 6.07 Å². The second-order valence-corrected chi connectivity index (χ2v) is 5.12. The number of rotatable bonds is 4. The molecular formula is C13H20FNO. The lowest BCUT2D eigenvalue weighted by atomic mass is 9.93. The van der Waals surface area contributed by atoms with Gasteiger partial charge in [0.05, 0.1) is 6.61 Å². The Bertz CT molecular complexity index is 344. The number of hydrogen-bond acceptors (Lipinski definition) is 2. The summed E-state index contributed by atoms with van der Waals surface area (Å²) in [7, 11) is 0. The van der Waals surface area contributed by atoms with Crippen molar-refractivity contribution in [1.29, 1.82) is 0 Å². The van der Waals surface area contributed by atoms with Gasteiger partial charge in [0.1, 0.15) is 11.6 Å². The van der Waals surface area contributed by atoms with E-state index in [1.807, 2.05) is 0 Å². The van der Waals surface area contributed by atoms with Gasteiger partial charge in [-0.3, -0.25) is 0 Å². The second kappa shape index (κ2) is 5.30. The molecule has 0 amide bonds. The van der Waals surface area contributed by atoms with E-state index < -0.39 is 0 Å². The number of ether oxygens (including phenoxy) is 1. The largest absolute Gasteiger partial charge is 0.493 e. The maximum Gasteiger partial charge on any atom is 0.131 e. The molecule has 1 aromatic rings. The minimum Gasteiger partial charge on any atom is -0.493 e. The SMILES string of the molecule is CC(C)(C)CCOc1ccc(CN)c(F)c1. The molecule has 3 heteroatoms. The number of hydrogen-bond donors (Lipinski definition) is 1. The van der Waals surface area contributed by atoms with Gasteiger partial charge in [-0.05, 0) is 17.9 Å². The van der Waals surface area contributed by atoms with E-state index in [0.717, 1.165) is 6.42 Å². The predicted octanol–water partition coefficient (Wildman–Crippen LogP) is 3.10. The minimum atomic E-state index is -0.296. The molecule has 1 rings (SSSR count). The molecule has 0 unspecified atom stereocenters. The molecule has 0 bridgehead atoms. The smallest absolute Gasteiger partial charge is 0.131 e. The van der Waals surface area contributed by atoms with Crippen LogP contribution in [0.4, 0.5) is 4.39 Å². The molecule has 0 saturated carbocycles. The zero-order valence-electron chi connectivity index (χ0n) is 10.2. The van der Waals surface area contributed by atoms with Gasteiger partial charge < -0.3 is 10.5 Å². The van der Waals surface area contributed by atoms with E-state index in [4.69, 9.17) is 10.5 Å². The monoisotopic (exact) mass is 225 g/mol. The van der Waals surface area contributed by atoms with Crippen LogP contribution in [0.1, 0.15) is 32.8 Å². The molecular weight excluding hydrogens is 205 g/mol. The van der Waals surface area contributed by atoms with E-state index in [1.54, 1.807) is 12.1 Å². The van der Waals surface area contributed by atoms with Gasteiger partial charge in [-0.2, -0.15) is 0 Å². The fourth-order valence-corrected chi connectivity index (χ4v) is 1.26. The highest BCUT2D eigenvalue weighted by Gasteiger charge is 2.10. The fourth-order valence-electron chi connectivity index (χ4n) is 1.26. The third-order valence-corrected chi connectivity index (χ3v) is 2.37. The number of benzene rings is 1. The Balaban J connectivity index is 2.52. The summed E-state index contributed by atoms with van der Waals surface area (Å²) in [5, 5.41) is 0. The van der Waals surface area contributed by atoms with Crippen LogP contribution in [-0.2, 0) is 6.54 Å². The highest BCUT2D eigenvalue weighted by atomic mass is 19.1. The average Bonchev–Trinajstić information content (AvgIpc) is 2.16. The summed E-state index contributed by atoms with van der Waals surface area (Å²) in [4.78, 5) is 0. The van der Waals surface area contributed by atoms with E-state index in [0.29, 0.717) is 17.9 Å². The van der Waals surface area contributed by atoms with Gasteiger partial charge in [0.15, 0.2) is 0 Å². The first-order valence-corrected chi connectivity index (χ1v) is 5.54. The van der Waals surface area contributed by atoms with Crippen LogP contribution in [0.25, 0.3) is 0 Å². The van der Waals surface area contributed by atoms with E-state index in [9.17, 15) is 4.39 Å². The van der Waals surface area contributed by atoms with Crippen molar-refractivity contribution in [1.82, 2.24) is 0 Å². The molecule has 2 nitrogen and oxygen atoms in total. The summed E-state index contributed by atoms with van der Waals surface area (Å²) >= 11 is 0. The first-order chi connectivity index (χ1) is 7.42. The van der Waals surface area contributed by atoms with Crippen LogP contribution in [0.5, 0.6) is 5.75 Å². The number of nitrogens with two attached hydrogens (primary N) is 1. The Labute approximate surface area is 96.6 Å². The summed E-state index contributed by atoms with van der Waals surface area (Å²) in [6, 6.07) is 4.82. The van der Waals surface area contributed by atoms with Crippen LogP contribution in [0, 0.1) is 11.2 Å². The Morgan fingerprint density at radius 2 is 2.00 bits per heavy atom. The minimum absolute atomic E-state index is 0.216. The molecule has 0 aromatic heterocycles. The maximum atomic E-state index is 13.4. The van der Waals surface area contributed by atoms with Crippen LogP contribution >= 0.6 is 0 Å². The molecule has 1 aromatic carbocycles. The lowest BCUT2D eigenvalue weighted by molar-refractivity contribution is 0.242. The summed E-state index contributed by atoms with van der Waals surface area (Å²) in [6.07, 6.45) is 0.938. The van der Waals surface area contributed by atoms with Crippen LogP contribution in [0.2, 0.25) is 0 Å². The molecule has 0 atom stereocenters. The standard InChI is InChI=1S/C13H20FNO/c1-13(2,3)6-7-16-11-5-4-10(9-15)12(14)8-11/h4-5,8H,6-7,9,15H2,1-3H3. The fraction of sp³-hybridized carbons (Fsp3) is 0.538. The molecule has 0 aliphatic heterocycles. The molecule has 0 aliphatic rings. The van der Waals surface area contributed by atoms with Crippen molar-refractivity contribution in [2.45, 2.75) is 33.7 Å². The van der Waals surface area contributed by atoms with Gasteiger partial charge in [-0.15, -0.1) is 0 Å². The summed E-state index contributed by atoms with van der Waals surface area (Å²) in [5.41, 5.74) is 6.13. The molecule has 0 fully saturated rings. The summed E-state index contributed by atoms with van der Waals surface area (Å²) in [6.45, 7) is 7.26. The lowest BCUT2D eigenvalue weighted by Crippen LogP contribution is -2.11. The number of halogens is 1. The molecule has 0 heterocycles. The van der Waals surface area contributed by atoms with E-state index >= 15 is 0 Å². The third kappa shape index (κ3) is 4.19. The Kier molecular flexibility index (Phi) is 4.30. The quantitative estimate of drug-likeness (QED) is 0.854. The van der Waals surface area contributed by atoms with Gasteiger partial charge in [0.25, 0.3) is 0 Å². The van der Waals surface area contributed by atoms with Gasteiger partial charge >= 0.3 is 0 Å². The molecule has 16 heavy (non-hydrogen) atoms. The molecule has 90 valence electrons. The first kappa shape index (κ1) is 13.0. The van der Waals surface area contributed by atoms with E-state index in [2.05, 4.69) is 20.8 Å². The van der Waals surface area contributed by atoms with Crippen LogP contribution in [0.3, 0.4) is 0 Å². The first-order valence-electron chi connectivity index (χ1n) is 5.54. The zero-order chi connectivity index (χ0) is 12.2. The molecule has 0 spiro atoms. The molecule has 0 aliphatic carbocycles. The Morgan fingerprint density at radius 3 is 2.50 bits per heavy atom. The predicted molar refractivity (Wildman–Crippen MR) is 63.9 cm³/mol. The van der Waals surface area contributed by atoms with E-state index in [-0.39, 0.29) is 17.8 Å². The van der Waals surface area contributed by atoms with Gasteiger partial charge in [-0.1, -0.05) is 26.8 Å². The summed E-state index contributed by atoms with van der Waals surface area (Å²) < 4.78 is 18.8. The Morgan fingerprint density at radius 1 is 1.31 bits per heavy atom. The molecule has 0 radical (unpaired) electrons. The van der Waals surface area contributed by atoms with Crippen molar-refractivity contribution >= 4 is 0 Å². The second-order valence-electron chi connectivity index (χ2n) is 5.12.